The summed E-state index contributed by atoms with van der Waals surface area (Å²) in [6.07, 6.45) is 3.00. The molecule has 0 amide bonds. The van der Waals surface area contributed by atoms with Gasteiger partial charge in [-0.25, -0.2) is 13.1 Å². The molecule has 0 radical (unpaired) electrons. The lowest BCUT2D eigenvalue weighted by Gasteiger charge is -2.15. The summed E-state index contributed by atoms with van der Waals surface area (Å²) in [5.74, 6) is 0.650. The molecule has 0 aromatic heterocycles. The van der Waals surface area contributed by atoms with Crippen LogP contribution in [0.15, 0.2) is 29.2 Å². The molecule has 1 aromatic carbocycles. The van der Waals surface area contributed by atoms with E-state index in [1.54, 1.807) is 18.2 Å². The van der Waals surface area contributed by atoms with Crippen molar-refractivity contribution in [3.05, 3.63) is 29.8 Å². The van der Waals surface area contributed by atoms with Crippen LogP contribution in [0.4, 0.5) is 0 Å². The maximum absolute atomic E-state index is 12.4. The second-order valence-electron chi connectivity index (χ2n) is 6.21. The van der Waals surface area contributed by atoms with Gasteiger partial charge >= 0.3 is 0 Å². The SMILES string of the molecule is CC(C)CCCC(C)NS(=O)(=O)c1cccc(C(C)N)c1. The first-order chi connectivity index (χ1) is 9.72. The first-order valence-electron chi connectivity index (χ1n) is 7.60. The van der Waals surface area contributed by atoms with Gasteiger partial charge in [-0.1, -0.05) is 38.8 Å². The Bertz CT molecular complexity index is 539. The quantitative estimate of drug-likeness (QED) is 0.774. The third-order valence-electron chi connectivity index (χ3n) is 3.47. The Morgan fingerprint density at radius 3 is 2.38 bits per heavy atom. The van der Waals surface area contributed by atoms with E-state index in [9.17, 15) is 8.42 Å². The first kappa shape index (κ1) is 18.1. The number of rotatable bonds is 8. The van der Waals surface area contributed by atoms with Gasteiger partial charge in [0.2, 0.25) is 10.0 Å². The summed E-state index contributed by atoms with van der Waals surface area (Å²) in [4.78, 5) is 0.285. The van der Waals surface area contributed by atoms with E-state index in [2.05, 4.69) is 18.6 Å². The Morgan fingerprint density at radius 1 is 1.14 bits per heavy atom. The van der Waals surface area contributed by atoms with Crippen LogP contribution in [0.3, 0.4) is 0 Å². The minimum Gasteiger partial charge on any atom is -0.324 e. The summed E-state index contributed by atoms with van der Waals surface area (Å²) < 4.78 is 27.5. The molecule has 0 saturated heterocycles. The summed E-state index contributed by atoms with van der Waals surface area (Å²) in [6, 6.07) is 6.59. The molecule has 0 heterocycles. The summed E-state index contributed by atoms with van der Waals surface area (Å²) in [5, 5.41) is 0. The van der Waals surface area contributed by atoms with Crippen LogP contribution in [0.25, 0.3) is 0 Å². The highest BCUT2D eigenvalue weighted by atomic mass is 32.2. The van der Waals surface area contributed by atoms with E-state index < -0.39 is 10.0 Å². The fraction of sp³-hybridized carbons (Fsp3) is 0.625. The van der Waals surface area contributed by atoms with Crippen molar-refractivity contribution in [1.82, 2.24) is 4.72 Å². The fourth-order valence-corrected chi connectivity index (χ4v) is 3.52. The van der Waals surface area contributed by atoms with Gasteiger partial charge in [0.25, 0.3) is 0 Å². The van der Waals surface area contributed by atoms with Crippen molar-refractivity contribution in [2.75, 3.05) is 0 Å². The van der Waals surface area contributed by atoms with Gasteiger partial charge in [-0.15, -0.1) is 0 Å². The van der Waals surface area contributed by atoms with Gasteiger partial charge in [0.1, 0.15) is 0 Å². The van der Waals surface area contributed by atoms with Crippen LogP contribution >= 0.6 is 0 Å². The molecule has 0 aliphatic heterocycles. The molecule has 5 heteroatoms. The highest BCUT2D eigenvalue weighted by Gasteiger charge is 2.18. The zero-order chi connectivity index (χ0) is 16.0. The largest absolute Gasteiger partial charge is 0.324 e. The molecule has 3 N–H and O–H groups in total. The molecule has 0 aliphatic rings. The van der Waals surface area contributed by atoms with Crippen LogP contribution in [0.5, 0.6) is 0 Å². The van der Waals surface area contributed by atoms with Gasteiger partial charge in [-0.2, -0.15) is 0 Å². The fourth-order valence-electron chi connectivity index (χ4n) is 2.19. The van der Waals surface area contributed by atoms with Crippen LogP contribution in [-0.2, 0) is 10.0 Å². The molecule has 21 heavy (non-hydrogen) atoms. The molecule has 1 rings (SSSR count). The average Bonchev–Trinajstić information content (AvgIpc) is 2.37. The predicted molar refractivity (Wildman–Crippen MR) is 87.5 cm³/mol. The number of nitrogens with one attached hydrogen (secondary N) is 1. The van der Waals surface area contributed by atoms with E-state index >= 15 is 0 Å². The molecule has 120 valence electrons. The number of nitrogens with two attached hydrogens (primary N) is 1. The van der Waals surface area contributed by atoms with Gasteiger partial charge in [-0.05, 0) is 43.9 Å². The van der Waals surface area contributed by atoms with E-state index in [1.165, 1.54) is 0 Å². The van der Waals surface area contributed by atoms with Gasteiger partial charge in [0.05, 0.1) is 4.90 Å². The molecule has 0 spiro atoms. The van der Waals surface area contributed by atoms with E-state index in [0.717, 1.165) is 24.8 Å². The third-order valence-corrected chi connectivity index (χ3v) is 5.06. The van der Waals surface area contributed by atoms with Gasteiger partial charge in [-0.3, -0.25) is 0 Å². The number of benzene rings is 1. The van der Waals surface area contributed by atoms with Crippen molar-refractivity contribution in [3.8, 4) is 0 Å². The van der Waals surface area contributed by atoms with Gasteiger partial charge in [0.15, 0.2) is 0 Å². The normalized spacial score (nSPS) is 15.1. The van der Waals surface area contributed by atoms with E-state index in [4.69, 9.17) is 5.73 Å². The van der Waals surface area contributed by atoms with Crippen LogP contribution < -0.4 is 10.5 Å². The van der Waals surface area contributed by atoms with E-state index in [-0.39, 0.29) is 17.0 Å². The molecule has 0 fully saturated rings. The van der Waals surface area contributed by atoms with Crippen LogP contribution in [0, 0.1) is 5.92 Å². The average molecular weight is 312 g/mol. The second kappa shape index (κ2) is 7.92. The minimum absolute atomic E-state index is 0.0623. The molecule has 1 aromatic rings. The van der Waals surface area contributed by atoms with Crippen molar-refractivity contribution in [3.63, 3.8) is 0 Å². The Hall–Kier alpha value is -0.910. The van der Waals surface area contributed by atoms with Gasteiger partial charge < -0.3 is 5.73 Å². The summed E-state index contributed by atoms with van der Waals surface area (Å²) in [6.45, 7) is 8.10. The Morgan fingerprint density at radius 2 is 1.81 bits per heavy atom. The lowest BCUT2D eigenvalue weighted by atomic mass is 10.0. The molecular weight excluding hydrogens is 284 g/mol. The smallest absolute Gasteiger partial charge is 0.240 e. The summed E-state index contributed by atoms with van der Waals surface area (Å²) in [5.41, 5.74) is 6.63. The molecule has 0 saturated carbocycles. The third kappa shape index (κ3) is 6.16. The Labute approximate surface area is 129 Å². The van der Waals surface area contributed by atoms with E-state index in [1.807, 2.05) is 19.9 Å². The molecule has 4 nitrogen and oxygen atoms in total. The van der Waals surface area contributed by atoms with Crippen molar-refractivity contribution in [2.24, 2.45) is 11.7 Å². The van der Waals surface area contributed by atoms with Crippen LogP contribution in [-0.4, -0.2) is 14.5 Å². The highest BCUT2D eigenvalue weighted by molar-refractivity contribution is 7.89. The lowest BCUT2D eigenvalue weighted by molar-refractivity contribution is 0.488. The number of sulfonamides is 1. The second-order valence-corrected chi connectivity index (χ2v) is 7.92. The van der Waals surface area contributed by atoms with Crippen molar-refractivity contribution in [2.45, 2.75) is 63.9 Å². The molecular formula is C16H28N2O2S. The highest BCUT2D eigenvalue weighted by Crippen LogP contribution is 2.17. The zero-order valence-corrected chi connectivity index (χ0v) is 14.3. The topological polar surface area (TPSA) is 72.2 Å². The Balaban J connectivity index is 2.70. The molecule has 2 atom stereocenters. The standard InChI is InChI=1S/C16H28N2O2S/c1-12(2)7-5-8-13(3)18-21(19,20)16-10-6-9-15(11-16)14(4)17/h6,9-14,18H,5,7-8,17H2,1-4H3. The van der Waals surface area contributed by atoms with Crippen LogP contribution in [0.1, 0.15) is 58.6 Å². The zero-order valence-electron chi connectivity index (χ0n) is 13.5. The van der Waals surface area contributed by atoms with Crippen molar-refractivity contribution < 1.29 is 8.42 Å². The molecule has 0 bridgehead atoms. The number of hydrogen-bond donors (Lipinski definition) is 2. The summed E-state index contributed by atoms with van der Waals surface area (Å²) >= 11 is 0. The monoisotopic (exact) mass is 312 g/mol. The minimum atomic E-state index is -3.47. The van der Waals surface area contributed by atoms with Crippen LogP contribution in [0.2, 0.25) is 0 Å². The van der Waals surface area contributed by atoms with Crippen molar-refractivity contribution in [1.29, 1.82) is 0 Å². The predicted octanol–water partition coefficient (Wildman–Crippen LogP) is 3.20. The van der Waals surface area contributed by atoms with Gasteiger partial charge in [0, 0.05) is 12.1 Å². The number of hydrogen-bond acceptors (Lipinski definition) is 3. The molecule has 0 aliphatic carbocycles. The van der Waals surface area contributed by atoms with E-state index in [0.29, 0.717) is 5.92 Å². The van der Waals surface area contributed by atoms with Crippen molar-refractivity contribution >= 4 is 10.0 Å². The summed E-state index contributed by atoms with van der Waals surface area (Å²) in [7, 11) is -3.47. The Kier molecular flexibility index (Phi) is 6.84. The molecule has 2 unspecified atom stereocenters. The maximum atomic E-state index is 12.4. The lowest BCUT2D eigenvalue weighted by Crippen LogP contribution is -2.32. The first-order valence-corrected chi connectivity index (χ1v) is 9.08. The maximum Gasteiger partial charge on any atom is 0.240 e.